The summed E-state index contributed by atoms with van der Waals surface area (Å²) in [6, 6.07) is 1.90. The zero-order valence-corrected chi connectivity index (χ0v) is 10.8. The molecule has 5 heteroatoms. The lowest BCUT2D eigenvalue weighted by atomic mass is 10.2. The van der Waals surface area contributed by atoms with Crippen molar-refractivity contribution in [3.05, 3.63) is 30.4 Å². The third-order valence-electron chi connectivity index (χ3n) is 2.92. The SMILES string of the molecule is CN(CCCCCO)Cc1cn2cccnc2n1. The Balaban J connectivity index is 1.84. The summed E-state index contributed by atoms with van der Waals surface area (Å²) >= 11 is 0. The van der Waals surface area contributed by atoms with Gasteiger partial charge in [0.05, 0.1) is 5.69 Å². The Hall–Kier alpha value is -1.46. The van der Waals surface area contributed by atoms with Gasteiger partial charge in [-0.2, -0.15) is 0 Å². The molecule has 0 spiro atoms. The van der Waals surface area contributed by atoms with Crippen molar-refractivity contribution in [2.24, 2.45) is 0 Å². The lowest BCUT2D eigenvalue weighted by Gasteiger charge is -2.14. The minimum Gasteiger partial charge on any atom is -0.396 e. The van der Waals surface area contributed by atoms with Gasteiger partial charge in [0.15, 0.2) is 0 Å². The molecule has 0 saturated carbocycles. The van der Waals surface area contributed by atoms with Crippen LogP contribution in [0.25, 0.3) is 5.78 Å². The zero-order chi connectivity index (χ0) is 12.8. The van der Waals surface area contributed by atoms with Gasteiger partial charge >= 0.3 is 0 Å². The second-order valence-corrected chi connectivity index (χ2v) is 4.58. The van der Waals surface area contributed by atoms with Crippen LogP contribution in [0.2, 0.25) is 0 Å². The lowest BCUT2D eigenvalue weighted by molar-refractivity contribution is 0.270. The third-order valence-corrected chi connectivity index (χ3v) is 2.92. The second kappa shape index (κ2) is 6.47. The maximum Gasteiger partial charge on any atom is 0.233 e. The first kappa shape index (κ1) is 13.0. The van der Waals surface area contributed by atoms with Crippen LogP contribution in [0.5, 0.6) is 0 Å². The summed E-state index contributed by atoms with van der Waals surface area (Å²) in [6.07, 6.45) is 8.82. The Morgan fingerprint density at radius 3 is 3.00 bits per heavy atom. The topological polar surface area (TPSA) is 53.7 Å². The van der Waals surface area contributed by atoms with Crippen LogP contribution in [0.15, 0.2) is 24.7 Å². The molecule has 1 N–H and O–H groups in total. The highest BCUT2D eigenvalue weighted by Crippen LogP contribution is 2.05. The fraction of sp³-hybridized carbons (Fsp3) is 0.538. The number of aliphatic hydroxyl groups is 1. The van der Waals surface area contributed by atoms with Crippen LogP contribution >= 0.6 is 0 Å². The van der Waals surface area contributed by atoms with E-state index in [2.05, 4.69) is 21.9 Å². The third kappa shape index (κ3) is 3.51. The number of imidazole rings is 1. The smallest absolute Gasteiger partial charge is 0.233 e. The van der Waals surface area contributed by atoms with Gasteiger partial charge in [-0.1, -0.05) is 0 Å². The molecule has 0 aromatic carbocycles. The van der Waals surface area contributed by atoms with Crippen molar-refractivity contribution in [1.29, 1.82) is 0 Å². The van der Waals surface area contributed by atoms with Crippen LogP contribution in [0, 0.1) is 0 Å². The molecule has 0 aliphatic heterocycles. The minimum absolute atomic E-state index is 0.293. The molecule has 2 aromatic rings. The summed E-state index contributed by atoms with van der Waals surface area (Å²) in [5.41, 5.74) is 1.04. The quantitative estimate of drug-likeness (QED) is 0.751. The first-order valence-electron chi connectivity index (χ1n) is 6.37. The van der Waals surface area contributed by atoms with E-state index in [9.17, 15) is 0 Å². The molecule has 0 amide bonds. The normalized spacial score (nSPS) is 11.5. The first-order valence-corrected chi connectivity index (χ1v) is 6.37. The summed E-state index contributed by atoms with van der Waals surface area (Å²) < 4.78 is 1.94. The van der Waals surface area contributed by atoms with E-state index >= 15 is 0 Å². The van der Waals surface area contributed by atoms with Crippen molar-refractivity contribution in [3.8, 4) is 0 Å². The first-order chi connectivity index (χ1) is 8.79. The number of rotatable bonds is 7. The molecule has 0 radical (unpaired) electrons. The molecule has 2 rings (SSSR count). The van der Waals surface area contributed by atoms with Gasteiger partial charge in [-0.25, -0.2) is 9.97 Å². The van der Waals surface area contributed by atoms with Gasteiger partial charge in [-0.15, -0.1) is 0 Å². The highest BCUT2D eigenvalue weighted by Gasteiger charge is 2.05. The molecule has 0 unspecified atom stereocenters. The molecule has 0 aliphatic rings. The van der Waals surface area contributed by atoms with Gasteiger partial charge < -0.3 is 10.0 Å². The van der Waals surface area contributed by atoms with Gasteiger partial charge in [0.2, 0.25) is 5.78 Å². The van der Waals surface area contributed by atoms with Crippen LogP contribution in [0.3, 0.4) is 0 Å². The van der Waals surface area contributed by atoms with Gasteiger partial charge in [0, 0.05) is 31.7 Å². The number of unbranched alkanes of at least 4 members (excludes halogenated alkanes) is 2. The Morgan fingerprint density at radius 1 is 1.33 bits per heavy atom. The summed E-state index contributed by atoms with van der Waals surface area (Å²) in [7, 11) is 2.09. The van der Waals surface area contributed by atoms with Crippen molar-refractivity contribution in [1.82, 2.24) is 19.3 Å². The van der Waals surface area contributed by atoms with Crippen LogP contribution in [0.4, 0.5) is 0 Å². The summed E-state index contributed by atoms with van der Waals surface area (Å²) in [5.74, 6) is 0.751. The number of hydrogen-bond donors (Lipinski definition) is 1. The van der Waals surface area contributed by atoms with E-state index in [-0.39, 0.29) is 0 Å². The minimum atomic E-state index is 0.293. The molecule has 5 nitrogen and oxygen atoms in total. The fourth-order valence-corrected chi connectivity index (χ4v) is 1.98. The number of fused-ring (bicyclic) bond motifs is 1. The van der Waals surface area contributed by atoms with Crippen LogP contribution in [0.1, 0.15) is 25.0 Å². The maximum atomic E-state index is 8.71. The molecule has 2 aromatic heterocycles. The second-order valence-electron chi connectivity index (χ2n) is 4.58. The number of hydrogen-bond acceptors (Lipinski definition) is 4. The molecule has 98 valence electrons. The monoisotopic (exact) mass is 248 g/mol. The Morgan fingerprint density at radius 2 is 2.22 bits per heavy atom. The van der Waals surface area contributed by atoms with E-state index in [0.29, 0.717) is 6.61 Å². The number of nitrogens with zero attached hydrogens (tertiary/aromatic N) is 4. The van der Waals surface area contributed by atoms with Crippen molar-refractivity contribution >= 4 is 5.78 Å². The molecular weight excluding hydrogens is 228 g/mol. The van der Waals surface area contributed by atoms with Crippen molar-refractivity contribution in [2.75, 3.05) is 20.2 Å². The van der Waals surface area contributed by atoms with Gasteiger partial charge in [0.1, 0.15) is 0 Å². The van der Waals surface area contributed by atoms with E-state index in [1.54, 1.807) is 6.20 Å². The van der Waals surface area contributed by atoms with E-state index in [4.69, 9.17) is 5.11 Å². The standard InChI is InChI=1S/C13H20N4O/c1-16(7-3-2-4-9-18)10-12-11-17-8-5-6-14-13(17)15-12/h5-6,8,11,18H,2-4,7,9-10H2,1H3. The van der Waals surface area contributed by atoms with E-state index in [1.807, 2.05) is 22.9 Å². The van der Waals surface area contributed by atoms with Crippen LogP contribution < -0.4 is 0 Å². The average molecular weight is 248 g/mol. The summed E-state index contributed by atoms with van der Waals surface area (Å²) in [5, 5.41) is 8.71. The Kier molecular flexibility index (Phi) is 4.66. The molecular formula is C13H20N4O. The molecule has 0 saturated heterocycles. The Bertz CT molecular complexity index is 450. The zero-order valence-electron chi connectivity index (χ0n) is 10.8. The van der Waals surface area contributed by atoms with E-state index in [1.165, 1.54) is 0 Å². The van der Waals surface area contributed by atoms with Crippen LogP contribution in [-0.4, -0.2) is 44.6 Å². The van der Waals surface area contributed by atoms with Crippen molar-refractivity contribution in [3.63, 3.8) is 0 Å². The molecule has 18 heavy (non-hydrogen) atoms. The average Bonchev–Trinajstić information content (AvgIpc) is 2.76. The lowest BCUT2D eigenvalue weighted by Crippen LogP contribution is -2.19. The summed E-state index contributed by atoms with van der Waals surface area (Å²) in [6.45, 7) is 2.16. The number of aromatic nitrogens is 3. The highest BCUT2D eigenvalue weighted by atomic mass is 16.2. The maximum absolute atomic E-state index is 8.71. The molecule has 0 fully saturated rings. The van der Waals surface area contributed by atoms with Crippen LogP contribution in [-0.2, 0) is 6.54 Å². The van der Waals surface area contributed by atoms with E-state index in [0.717, 1.165) is 43.8 Å². The van der Waals surface area contributed by atoms with Crippen molar-refractivity contribution < 1.29 is 5.11 Å². The van der Waals surface area contributed by atoms with E-state index < -0.39 is 0 Å². The predicted molar refractivity (Wildman–Crippen MR) is 70.3 cm³/mol. The number of aliphatic hydroxyl groups excluding tert-OH is 1. The highest BCUT2D eigenvalue weighted by molar-refractivity contribution is 5.29. The Labute approximate surface area is 107 Å². The molecule has 0 atom stereocenters. The van der Waals surface area contributed by atoms with Gasteiger partial charge in [-0.05, 0) is 38.9 Å². The molecule has 0 bridgehead atoms. The fourth-order valence-electron chi connectivity index (χ4n) is 1.98. The van der Waals surface area contributed by atoms with Crippen molar-refractivity contribution in [2.45, 2.75) is 25.8 Å². The summed E-state index contributed by atoms with van der Waals surface area (Å²) in [4.78, 5) is 10.9. The predicted octanol–water partition coefficient (Wildman–Crippen LogP) is 1.32. The molecule has 2 heterocycles. The molecule has 0 aliphatic carbocycles. The van der Waals surface area contributed by atoms with Gasteiger partial charge in [0.25, 0.3) is 0 Å². The van der Waals surface area contributed by atoms with Gasteiger partial charge in [-0.3, -0.25) is 4.40 Å². The largest absolute Gasteiger partial charge is 0.396 e.